The summed E-state index contributed by atoms with van der Waals surface area (Å²) in [6.45, 7) is 2.33. The SMILES string of the molecule is CC[S+](C1CCCCC1=O)C1CC2CCC1C2.O=S(=O)([O-])C(F)(F)F. The monoisotopic (exact) mass is 402 g/mol. The van der Waals surface area contributed by atoms with Crippen molar-refractivity contribution in [1.29, 1.82) is 0 Å². The zero-order chi connectivity index (χ0) is 18.8. The quantitative estimate of drug-likeness (QED) is 0.412. The van der Waals surface area contributed by atoms with Gasteiger partial charge in [-0.05, 0) is 51.4 Å². The topological polar surface area (TPSA) is 74.3 Å². The Bertz CT molecular complexity index is 576. The molecule has 3 rings (SSSR count). The lowest BCUT2D eigenvalue weighted by molar-refractivity contribution is -0.119. The van der Waals surface area contributed by atoms with Crippen molar-refractivity contribution >= 4 is 26.8 Å². The van der Waals surface area contributed by atoms with Gasteiger partial charge in [-0.1, -0.05) is 0 Å². The van der Waals surface area contributed by atoms with Gasteiger partial charge in [-0.3, -0.25) is 4.79 Å². The van der Waals surface area contributed by atoms with E-state index in [1.54, 1.807) is 0 Å². The molecular formula is C16H25F3O4S2. The molecule has 25 heavy (non-hydrogen) atoms. The minimum Gasteiger partial charge on any atom is -0.741 e. The summed E-state index contributed by atoms with van der Waals surface area (Å²) in [6.07, 6.45) is 10.5. The highest BCUT2D eigenvalue weighted by atomic mass is 32.2. The number of ketones is 1. The van der Waals surface area contributed by atoms with E-state index in [2.05, 4.69) is 6.92 Å². The van der Waals surface area contributed by atoms with Crippen molar-refractivity contribution in [2.45, 2.75) is 74.3 Å². The van der Waals surface area contributed by atoms with Crippen molar-refractivity contribution in [2.75, 3.05) is 5.75 Å². The zero-order valence-corrected chi connectivity index (χ0v) is 15.9. The number of hydrogen-bond donors (Lipinski definition) is 0. The van der Waals surface area contributed by atoms with Crippen LogP contribution in [0.4, 0.5) is 13.2 Å². The van der Waals surface area contributed by atoms with Gasteiger partial charge in [0.25, 0.3) is 0 Å². The largest absolute Gasteiger partial charge is 0.741 e. The van der Waals surface area contributed by atoms with E-state index in [4.69, 9.17) is 13.0 Å². The second-order valence-corrected chi connectivity index (χ2v) is 11.1. The first kappa shape index (κ1) is 21.0. The van der Waals surface area contributed by atoms with E-state index in [9.17, 15) is 18.0 Å². The van der Waals surface area contributed by atoms with Crippen LogP contribution in [-0.4, -0.2) is 40.5 Å². The highest BCUT2D eigenvalue weighted by Gasteiger charge is 2.52. The van der Waals surface area contributed by atoms with Gasteiger partial charge < -0.3 is 4.55 Å². The van der Waals surface area contributed by atoms with Crippen LogP contribution in [0.3, 0.4) is 0 Å². The molecule has 9 heteroatoms. The standard InChI is InChI=1S/C15H25OS.CHF3O3S/c1-2-17(14-6-4-3-5-13(14)16)15-10-11-7-8-12(15)9-11;2-1(3,4)8(5,6)7/h11-12,14-15H,2-10H2,1H3;(H,5,6,7)/q+1;/p-1. The van der Waals surface area contributed by atoms with Crippen molar-refractivity contribution < 1.29 is 30.9 Å². The maximum absolute atomic E-state index is 12.2. The van der Waals surface area contributed by atoms with Gasteiger partial charge in [0, 0.05) is 29.7 Å². The Morgan fingerprint density at radius 3 is 2.20 bits per heavy atom. The maximum atomic E-state index is 12.2. The molecule has 146 valence electrons. The van der Waals surface area contributed by atoms with E-state index < -0.39 is 15.6 Å². The zero-order valence-electron chi connectivity index (χ0n) is 14.3. The van der Waals surface area contributed by atoms with Crippen molar-refractivity contribution in [3.05, 3.63) is 0 Å². The van der Waals surface area contributed by atoms with Gasteiger partial charge in [0.15, 0.2) is 21.2 Å². The van der Waals surface area contributed by atoms with Gasteiger partial charge in [-0.15, -0.1) is 0 Å². The third-order valence-electron chi connectivity index (χ3n) is 5.54. The summed E-state index contributed by atoms with van der Waals surface area (Å²) in [5, 5.41) is 1.41. The molecule has 0 aliphatic heterocycles. The van der Waals surface area contributed by atoms with E-state index in [1.807, 2.05) is 0 Å². The average molecular weight is 402 g/mol. The Labute approximate surface area is 150 Å². The molecule has 0 N–H and O–H groups in total. The summed E-state index contributed by atoms with van der Waals surface area (Å²) in [4.78, 5) is 12.2. The van der Waals surface area contributed by atoms with E-state index >= 15 is 0 Å². The normalized spacial score (nSPS) is 33.7. The third kappa shape index (κ3) is 5.13. The Kier molecular flexibility index (Phi) is 6.87. The van der Waals surface area contributed by atoms with Gasteiger partial charge in [0.1, 0.15) is 11.0 Å². The number of carbonyl (C=O) groups is 1. The molecule has 0 radical (unpaired) electrons. The Hall–Kier alpha value is -0.280. The number of alkyl halides is 3. The van der Waals surface area contributed by atoms with Crippen LogP contribution in [0, 0.1) is 11.8 Å². The molecule has 0 heterocycles. The molecule has 3 aliphatic rings. The molecule has 0 aromatic carbocycles. The summed E-state index contributed by atoms with van der Waals surface area (Å²) < 4.78 is 58.9. The minimum absolute atomic E-state index is 0.428. The van der Waals surface area contributed by atoms with E-state index in [1.165, 1.54) is 44.3 Å². The Balaban J connectivity index is 0.000000242. The molecule has 5 unspecified atom stereocenters. The minimum atomic E-state index is -6.09. The van der Waals surface area contributed by atoms with Gasteiger partial charge in [0.2, 0.25) is 0 Å². The highest BCUT2D eigenvalue weighted by Crippen LogP contribution is 2.49. The van der Waals surface area contributed by atoms with Crippen LogP contribution >= 0.6 is 0 Å². The van der Waals surface area contributed by atoms with Crippen molar-refractivity contribution in [1.82, 2.24) is 0 Å². The fourth-order valence-electron chi connectivity index (χ4n) is 4.45. The van der Waals surface area contributed by atoms with Crippen LogP contribution in [-0.2, 0) is 25.8 Å². The molecule has 4 nitrogen and oxygen atoms in total. The average Bonchev–Trinajstić information content (AvgIpc) is 3.11. The molecule has 0 aromatic rings. The van der Waals surface area contributed by atoms with Crippen LogP contribution in [0.5, 0.6) is 0 Å². The number of halogens is 3. The molecule has 3 aliphatic carbocycles. The first-order valence-corrected chi connectivity index (χ1v) is 11.7. The highest BCUT2D eigenvalue weighted by molar-refractivity contribution is 7.98. The number of carbonyl (C=O) groups excluding carboxylic acids is 1. The molecular weight excluding hydrogens is 377 g/mol. The molecule has 2 bridgehead atoms. The van der Waals surface area contributed by atoms with Crippen LogP contribution in [0.15, 0.2) is 0 Å². The molecule has 0 aromatic heterocycles. The van der Waals surface area contributed by atoms with Crippen molar-refractivity contribution in [3.8, 4) is 0 Å². The number of fused-ring (bicyclic) bond motifs is 2. The summed E-state index contributed by atoms with van der Waals surface area (Å²) in [7, 11) is -5.66. The summed E-state index contributed by atoms with van der Waals surface area (Å²) in [5.41, 5.74) is -5.65. The lowest BCUT2D eigenvalue weighted by atomic mass is 9.99. The molecule has 3 fully saturated rings. The second-order valence-electron chi connectivity index (χ2n) is 7.07. The second kappa shape index (κ2) is 8.17. The Morgan fingerprint density at radius 2 is 1.80 bits per heavy atom. The van der Waals surface area contributed by atoms with Crippen molar-refractivity contribution in [2.24, 2.45) is 11.8 Å². The maximum Gasteiger partial charge on any atom is 0.485 e. The Morgan fingerprint density at radius 1 is 1.16 bits per heavy atom. The van der Waals surface area contributed by atoms with Crippen LogP contribution < -0.4 is 0 Å². The van der Waals surface area contributed by atoms with Gasteiger partial charge >= 0.3 is 5.51 Å². The lowest BCUT2D eigenvalue weighted by Crippen LogP contribution is -2.42. The van der Waals surface area contributed by atoms with Gasteiger partial charge in [0.05, 0.1) is 0 Å². The first-order chi connectivity index (χ1) is 11.5. The molecule has 3 saturated carbocycles. The van der Waals surface area contributed by atoms with E-state index in [0.29, 0.717) is 21.9 Å². The molecule has 0 amide bonds. The predicted octanol–water partition coefficient (Wildman–Crippen LogP) is 3.38. The number of rotatable bonds is 3. The smallest absolute Gasteiger partial charge is 0.485 e. The van der Waals surface area contributed by atoms with Crippen LogP contribution in [0.25, 0.3) is 0 Å². The van der Waals surface area contributed by atoms with Crippen LogP contribution in [0.2, 0.25) is 0 Å². The summed E-state index contributed by atoms with van der Waals surface area (Å²) >= 11 is 0. The van der Waals surface area contributed by atoms with E-state index in [0.717, 1.165) is 29.9 Å². The van der Waals surface area contributed by atoms with Gasteiger partial charge in [-0.25, -0.2) is 8.42 Å². The predicted molar refractivity (Wildman–Crippen MR) is 90.2 cm³/mol. The van der Waals surface area contributed by atoms with E-state index in [-0.39, 0.29) is 0 Å². The molecule has 0 saturated heterocycles. The fraction of sp³-hybridized carbons (Fsp3) is 0.938. The lowest BCUT2D eigenvalue weighted by Gasteiger charge is -2.29. The summed E-state index contributed by atoms with van der Waals surface area (Å²) in [6, 6.07) is 0. The van der Waals surface area contributed by atoms with Crippen LogP contribution in [0.1, 0.15) is 58.3 Å². The number of hydrogen-bond acceptors (Lipinski definition) is 4. The fourth-order valence-corrected chi connectivity index (χ4v) is 7.89. The molecule has 5 atom stereocenters. The number of Topliss-reactive ketones (excluding diaryl/α,β-unsaturated/α-hetero) is 1. The van der Waals surface area contributed by atoms with Crippen molar-refractivity contribution in [3.63, 3.8) is 0 Å². The summed E-state index contributed by atoms with van der Waals surface area (Å²) in [5.74, 6) is 3.91. The van der Waals surface area contributed by atoms with Gasteiger partial charge in [-0.2, -0.15) is 13.2 Å². The third-order valence-corrected chi connectivity index (χ3v) is 9.36. The first-order valence-electron chi connectivity index (χ1n) is 8.78. The molecule has 0 spiro atoms.